The minimum absolute atomic E-state index is 0.0866. The number of carbonyl (C=O) groups excluding carboxylic acids is 3. The van der Waals surface area contributed by atoms with Crippen molar-refractivity contribution in [1.82, 2.24) is 0 Å². The first-order chi connectivity index (χ1) is 40.5. The van der Waals surface area contributed by atoms with Gasteiger partial charge in [-0.15, -0.1) is 0 Å². The minimum Gasteiger partial charge on any atom is -0.462 e. The number of carbonyl (C=O) groups is 3. The van der Waals surface area contributed by atoms with Gasteiger partial charge in [-0.3, -0.25) is 14.4 Å². The van der Waals surface area contributed by atoms with Crippen molar-refractivity contribution in [3.05, 3.63) is 85.1 Å². The SMILES string of the molecule is CC/C=C\C/C=C\C/C=C\C/C=C\CCCCCCCCCCC(=O)OC(COC(=O)CCCCC/C=C\C/C=C\C/C=C\CC)COC(=O)CCCCCCCCCCCCCCCCCCCCCCCCCCCCCCCC. The molecule has 0 aromatic carbocycles. The zero-order chi connectivity index (χ0) is 59.2. The molecule has 0 aromatic heterocycles. The monoisotopic (exact) mass is 1140 g/mol. The standard InChI is InChI=1S/C76H134O6/c1-4-7-10-13-16-19-22-25-27-29-31-33-34-35-36-37-38-39-40-41-43-44-46-48-51-54-57-60-63-66-69-75(78)81-72-73(71-80-74(77)68-65-62-59-56-53-50-24-21-18-15-12-9-6-3)82-76(79)70-67-64-61-58-55-52-49-47-45-42-32-30-28-26-23-20-17-14-11-8-5-2/h8-9,11-12,17-18,20-21,26,28,32,42,50,53,73H,4-7,10,13-16,19,22-25,27,29-31,33-41,43-49,51-52,54-72H2,1-3H3/b11-8-,12-9-,20-17-,21-18-,28-26-,42-32-,53-50-. The molecule has 82 heavy (non-hydrogen) atoms. The number of hydrogen-bond acceptors (Lipinski definition) is 6. The fourth-order valence-corrected chi connectivity index (χ4v) is 10.4. The molecule has 0 aliphatic carbocycles. The van der Waals surface area contributed by atoms with Gasteiger partial charge in [-0.25, -0.2) is 0 Å². The van der Waals surface area contributed by atoms with E-state index in [2.05, 4.69) is 106 Å². The number of esters is 3. The van der Waals surface area contributed by atoms with Crippen LogP contribution in [0.25, 0.3) is 0 Å². The second-order valence-electron chi connectivity index (χ2n) is 23.7. The van der Waals surface area contributed by atoms with Crippen LogP contribution < -0.4 is 0 Å². The Bertz CT molecular complexity index is 1550. The van der Waals surface area contributed by atoms with E-state index in [-0.39, 0.29) is 31.1 Å². The molecular weight excluding hydrogens is 1010 g/mol. The fraction of sp³-hybridized carbons (Fsp3) is 0.776. The third kappa shape index (κ3) is 67.4. The van der Waals surface area contributed by atoms with Gasteiger partial charge < -0.3 is 14.2 Å². The fourth-order valence-electron chi connectivity index (χ4n) is 10.4. The number of unbranched alkanes of at least 4 members (excludes halogenated alkanes) is 40. The maximum Gasteiger partial charge on any atom is 0.306 e. The summed E-state index contributed by atoms with van der Waals surface area (Å²) in [6.07, 6.45) is 93.5. The molecule has 0 N–H and O–H groups in total. The summed E-state index contributed by atoms with van der Waals surface area (Å²) < 4.78 is 16.9. The highest BCUT2D eigenvalue weighted by atomic mass is 16.6. The van der Waals surface area contributed by atoms with E-state index >= 15 is 0 Å². The molecule has 0 aromatic rings. The molecule has 0 spiro atoms. The molecule has 0 aliphatic heterocycles. The summed E-state index contributed by atoms with van der Waals surface area (Å²) in [5, 5.41) is 0. The van der Waals surface area contributed by atoms with Crippen molar-refractivity contribution < 1.29 is 28.6 Å². The van der Waals surface area contributed by atoms with Crippen LogP contribution >= 0.6 is 0 Å². The van der Waals surface area contributed by atoms with Crippen LogP contribution in [0.4, 0.5) is 0 Å². The summed E-state index contributed by atoms with van der Waals surface area (Å²) in [5.74, 6) is -0.909. The molecule has 474 valence electrons. The van der Waals surface area contributed by atoms with Crippen molar-refractivity contribution in [3.63, 3.8) is 0 Å². The average molecular weight is 1140 g/mol. The second kappa shape index (κ2) is 70.1. The highest BCUT2D eigenvalue weighted by Gasteiger charge is 2.19. The number of allylic oxidation sites excluding steroid dienone is 14. The summed E-state index contributed by atoms with van der Waals surface area (Å²) in [4.78, 5) is 38.4. The molecule has 0 fully saturated rings. The number of hydrogen-bond donors (Lipinski definition) is 0. The van der Waals surface area contributed by atoms with E-state index in [1.54, 1.807) is 0 Å². The van der Waals surface area contributed by atoms with Crippen molar-refractivity contribution in [1.29, 1.82) is 0 Å². The van der Waals surface area contributed by atoms with E-state index in [0.717, 1.165) is 116 Å². The lowest BCUT2D eigenvalue weighted by molar-refractivity contribution is -0.167. The first-order valence-electron chi connectivity index (χ1n) is 35.6. The number of rotatable bonds is 65. The van der Waals surface area contributed by atoms with Crippen LogP contribution in [0.5, 0.6) is 0 Å². The van der Waals surface area contributed by atoms with E-state index in [1.165, 1.54) is 205 Å². The van der Waals surface area contributed by atoms with E-state index in [0.29, 0.717) is 19.3 Å². The molecule has 0 aliphatic rings. The van der Waals surface area contributed by atoms with Crippen molar-refractivity contribution in [2.75, 3.05) is 13.2 Å². The molecule has 1 unspecified atom stereocenters. The molecule has 0 radical (unpaired) electrons. The van der Waals surface area contributed by atoms with Gasteiger partial charge in [-0.05, 0) is 89.9 Å². The zero-order valence-electron chi connectivity index (χ0n) is 54.5. The molecular formula is C76H134O6. The van der Waals surface area contributed by atoms with Gasteiger partial charge in [0.2, 0.25) is 0 Å². The van der Waals surface area contributed by atoms with Gasteiger partial charge in [-0.2, -0.15) is 0 Å². The normalized spacial score (nSPS) is 12.6. The second-order valence-corrected chi connectivity index (χ2v) is 23.7. The Morgan fingerprint density at radius 1 is 0.256 bits per heavy atom. The Morgan fingerprint density at radius 3 is 0.756 bits per heavy atom. The van der Waals surface area contributed by atoms with Crippen molar-refractivity contribution in [2.45, 2.75) is 367 Å². The van der Waals surface area contributed by atoms with Gasteiger partial charge in [0.25, 0.3) is 0 Å². The van der Waals surface area contributed by atoms with Crippen LogP contribution in [0, 0.1) is 0 Å². The van der Waals surface area contributed by atoms with Gasteiger partial charge in [-0.1, -0.05) is 337 Å². The minimum atomic E-state index is -0.794. The molecule has 6 heteroatoms. The maximum atomic E-state index is 12.9. The van der Waals surface area contributed by atoms with Crippen molar-refractivity contribution in [3.8, 4) is 0 Å². The molecule has 0 heterocycles. The first-order valence-corrected chi connectivity index (χ1v) is 35.6. The summed E-state index contributed by atoms with van der Waals surface area (Å²) in [7, 11) is 0. The first kappa shape index (κ1) is 78.6. The van der Waals surface area contributed by atoms with Crippen LogP contribution in [0.2, 0.25) is 0 Å². The van der Waals surface area contributed by atoms with Gasteiger partial charge in [0.15, 0.2) is 6.10 Å². The molecule has 0 amide bonds. The van der Waals surface area contributed by atoms with E-state index < -0.39 is 6.10 Å². The molecule has 1 atom stereocenters. The van der Waals surface area contributed by atoms with E-state index in [9.17, 15) is 14.4 Å². The summed E-state index contributed by atoms with van der Waals surface area (Å²) in [5.41, 5.74) is 0. The largest absolute Gasteiger partial charge is 0.462 e. The summed E-state index contributed by atoms with van der Waals surface area (Å²) >= 11 is 0. The van der Waals surface area contributed by atoms with Crippen molar-refractivity contribution >= 4 is 17.9 Å². The summed E-state index contributed by atoms with van der Waals surface area (Å²) in [6, 6.07) is 0. The van der Waals surface area contributed by atoms with Crippen molar-refractivity contribution in [2.24, 2.45) is 0 Å². The molecule has 0 saturated carbocycles. The van der Waals surface area contributed by atoms with E-state index in [1.807, 2.05) is 0 Å². The highest BCUT2D eigenvalue weighted by molar-refractivity contribution is 5.71. The van der Waals surface area contributed by atoms with Crippen LogP contribution in [0.1, 0.15) is 361 Å². The molecule has 0 rings (SSSR count). The third-order valence-electron chi connectivity index (χ3n) is 15.6. The van der Waals surface area contributed by atoms with Crippen LogP contribution in [-0.2, 0) is 28.6 Å². The van der Waals surface area contributed by atoms with Gasteiger partial charge in [0, 0.05) is 19.3 Å². The lowest BCUT2D eigenvalue weighted by atomic mass is 10.0. The van der Waals surface area contributed by atoms with Gasteiger partial charge in [0.05, 0.1) is 0 Å². The predicted octanol–water partition coefficient (Wildman–Crippen LogP) is 24.6. The lowest BCUT2D eigenvalue weighted by Gasteiger charge is -2.18. The predicted molar refractivity (Wildman–Crippen MR) is 358 cm³/mol. The quantitative estimate of drug-likeness (QED) is 0.0261. The smallest absolute Gasteiger partial charge is 0.306 e. The van der Waals surface area contributed by atoms with Crippen LogP contribution in [0.3, 0.4) is 0 Å². The lowest BCUT2D eigenvalue weighted by Crippen LogP contribution is -2.30. The van der Waals surface area contributed by atoms with Gasteiger partial charge >= 0.3 is 17.9 Å². The third-order valence-corrected chi connectivity index (χ3v) is 15.6. The maximum absolute atomic E-state index is 12.9. The molecule has 0 saturated heterocycles. The average Bonchev–Trinajstić information content (AvgIpc) is 3.47. The Kier molecular flexibility index (Phi) is 67.2. The van der Waals surface area contributed by atoms with Crippen LogP contribution in [-0.4, -0.2) is 37.2 Å². The molecule has 6 nitrogen and oxygen atoms in total. The Hall–Kier alpha value is -3.41. The summed E-state index contributed by atoms with van der Waals surface area (Å²) in [6.45, 7) is 6.43. The zero-order valence-corrected chi connectivity index (χ0v) is 54.5. The van der Waals surface area contributed by atoms with Crippen LogP contribution in [0.15, 0.2) is 85.1 Å². The topological polar surface area (TPSA) is 78.9 Å². The van der Waals surface area contributed by atoms with E-state index in [4.69, 9.17) is 14.2 Å². The Balaban J connectivity index is 4.21. The highest BCUT2D eigenvalue weighted by Crippen LogP contribution is 2.18. The molecule has 0 bridgehead atoms. The number of ether oxygens (including phenoxy) is 3. The Morgan fingerprint density at radius 2 is 0.476 bits per heavy atom. The Labute approximate surface area is 509 Å². The van der Waals surface area contributed by atoms with Gasteiger partial charge in [0.1, 0.15) is 13.2 Å².